The Morgan fingerprint density at radius 3 is 2.57 bits per heavy atom. The van der Waals surface area contributed by atoms with Crippen LogP contribution in [0.15, 0.2) is 18.3 Å². The molecule has 0 aromatic carbocycles. The van der Waals surface area contributed by atoms with Crippen molar-refractivity contribution in [3.05, 3.63) is 24.0 Å². The molecule has 4 rings (SSSR count). The second-order valence-corrected chi connectivity index (χ2v) is 8.36. The average molecular weight is 412 g/mol. The van der Waals surface area contributed by atoms with Gasteiger partial charge >= 0.3 is 0 Å². The van der Waals surface area contributed by atoms with E-state index in [0.717, 1.165) is 35.9 Å². The van der Waals surface area contributed by atoms with E-state index in [-0.39, 0.29) is 17.9 Å². The fraction of sp³-hybridized carbons (Fsp3) is 0.524. The zero-order valence-corrected chi connectivity index (χ0v) is 18.1. The molecular weight excluding hydrogens is 382 g/mol. The quantitative estimate of drug-likeness (QED) is 0.666. The Kier molecular flexibility index (Phi) is 5.36. The van der Waals surface area contributed by atoms with Crippen LogP contribution in [0.25, 0.3) is 0 Å². The topological polar surface area (TPSA) is 104 Å². The zero-order valence-electron chi connectivity index (χ0n) is 18.1. The first-order valence-electron chi connectivity index (χ1n) is 10.3. The summed E-state index contributed by atoms with van der Waals surface area (Å²) < 4.78 is 5.14. The molecule has 1 aliphatic heterocycles. The molecule has 0 unspecified atom stereocenters. The smallest absolute Gasteiger partial charge is 0.247 e. The molecule has 0 bridgehead atoms. The van der Waals surface area contributed by atoms with Crippen molar-refractivity contribution in [3.63, 3.8) is 0 Å². The lowest BCUT2D eigenvalue weighted by molar-refractivity contribution is -0.118. The van der Waals surface area contributed by atoms with Crippen molar-refractivity contribution in [1.29, 1.82) is 0 Å². The summed E-state index contributed by atoms with van der Waals surface area (Å²) in [5.41, 5.74) is 1.46. The summed E-state index contributed by atoms with van der Waals surface area (Å²) >= 11 is 0. The number of ether oxygens (including phenoxy) is 1. The molecule has 1 amide bonds. The van der Waals surface area contributed by atoms with Gasteiger partial charge < -0.3 is 25.6 Å². The van der Waals surface area contributed by atoms with E-state index >= 15 is 0 Å². The maximum Gasteiger partial charge on any atom is 0.247 e. The van der Waals surface area contributed by atoms with E-state index in [1.165, 1.54) is 0 Å². The number of carbonyl (C=O) groups is 1. The number of aryl methyl sites for hydroxylation is 1. The van der Waals surface area contributed by atoms with Crippen LogP contribution in [0.1, 0.15) is 32.4 Å². The van der Waals surface area contributed by atoms with Gasteiger partial charge in [-0.2, -0.15) is 4.98 Å². The van der Waals surface area contributed by atoms with Gasteiger partial charge in [-0.05, 0) is 37.8 Å². The summed E-state index contributed by atoms with van der Waals surface area (Å²) in [6.45, 7) is 5.98. The maximum atomic E-state index is 12.5. The monoisotopic (exact) mass is 411 g/mol. The summed E-state index contributed by atoms with van der Waals surface area (Å²) in [5, 5.41) is 9.85. The number of anilines is 4. The van der Waals surface area contributed by atoms with Gasteiger partial charge in [-0.25, -0.2) is 9.97 Å². The van der Waals surface area contributed by atoms with Crippen LogP contribution >= 0.6 is 0 Å². The molecular formula is C21H29N7O2. The van der Waals surface area contributed by atoms with Gasteiger partial charge in [0, 0.05) is 19.1 Å². The van der Waals surface area contributed by atoms with Crippen LogP contribution in [0.5, 0.6) is 5.75 Å². The number of rotatable bonds is 6. The predicted octanol–water partition coefficient (Wildman–Crippen LogP) is 2.66. The summed E-state index contributed by atoms with van der Waals surface area (Å²) in [6, 6.07) is 4.23. The first-order chi connectivity index (χ1) is 14.4. The van der Waals surface area contributed by atoms with Crippen LogP contribution in [-0.2, 0) is 4.79 Å². The van der Waals surface area contributed by atoms with Crippen LogP contribution < -0.4 is 25.6 Å². The van der Waals surface area contributed by atoms with E-state index in [2.05, 4.69) is 25.9 Å². The minimum absolute atomic E-state index is 0.00698. The number of amides is 1. The second-order valence-electron chi connectivity index (χ2n) is 8.36. The number of methoxy groups -OCH3 is 1. The fourth-order valence-electron chi connectivity index (χ4n) is 4.11. The lowest BCUT2D eigenvalue weighted by Crippen LogP contribution is -2.50. The van der Waals surface area contributed by atoms with E-state index < -0.39 is 0 Å². The second kappa shape index (κ2) is 7.97. The van der Waals surface area contributed by atoms with Crippen molar-refractivity contribution in [2.75, 3.05) is 35.0 Å². The normalized spacial score (nSPS) is 22.8. The summed E-state index contributed by atoms with van der Waals surface area (Å²) in [6.07, 6.45) is 3.61. The van der Waals surface area contributed by atoms with Gasteiger partial charge in [0.2, 0.25) is 11.9 Å². The molecule has 3 heterocycles. The van der Waals surface area contributed by atoms with Crippen molar-refractivity contribution in [3.8, 4) is 5.75 Å². The molecule has 0 spiro atoms. The molecule has 2 aromatic rings. The third kappa shape index (κ3) is 3.83. The Balaban J connectivity index is 1.39. The third-order valence-corrected chi connectivity index (χ3v) is 5.77. The molecule has 0 radical (unpaired) electrons. The Morgan fingerprint density at radius 2 is 1.93 bits per heavy atom. The van der Waals surface area contributed by atoms with Crippen molar-refractivity contribution in [1.82, 2.24) is 15.0 Å². The zero-order chi connectivity index (χ0) is 21.4. The molecule has 1 fully saturated rings. The number of nitrogens with one attached hydrogen (secondary N) is 3. The van der Waals surface area contributed by atoms with Crippen molar-refractivity contribution >= 4 is 29.2 Å². The molecule has 160 valence electrons. The van der Waals surface area contributed by atoms with Crippen LogP contribution in [0.2, 0.25) is 0 Å². The number of hydrogen-bond acceptors (Lipinski definition) is 8. The Morgan fingerprint density at radius 1 is 1.20 bits per heavy atom. The standard InChI is InChI=1S/C21H29N7O2/c1-11(2)18-20(29)26-17-12(3)23-21(27-19(17)28(18)4)25-14-8-13(9-14)24-16-7-6-15(30-5)10-22-16/h6-7,10-11,13-14,18H,8-9H2,1-5H3,(H,22,24)(H,26,29)(H,23,25,27)/t13-,14+,18-/m0/s1. The van der Waals surface area contributed by atoms with Gasteiger partial charge in [0.15, 0.2) is 5.82 Å². The number of nitrogens with zero attached hydrogens (tertiary/aromatic N) is 4. The molecule has 1 aliphatic carbocycles. The third-order valence-electron chi connectivity index (χ3n) is 5.77. The summed E-state index contributed by atoms with van der Waals surface area (Å²) in [5.74, 6) is 3.13. The minimum Gasteiger partial charge on any atom is -0.495 e. The average Bonchev–Trinajstić information content (AvgIpc) is 2.67. The van der Waals surface area contributed by atoms with Crippen LogP contribution in [0.3, 0.4) is 0 Å². The van der Waals surface area contributed by atoms with Gasteiger partial charge in [-0.1, -0.05) is 13.8 Å². The fourth-order valence-corrected chi connectivity index (χ4v) is 4.11. The summed E-state index contributed by atoms with van der Waals surface area (Å²) in [7, 11) is 3.55. The first kappa shape index (κ1) is 20.2. The van der Waals surface area contributed by atoms with E-state index in [1.807, 2.05) is 44.9 Å². The summed E-state index contributed by atoms with van der Waals surface area (Å²) in [4.78, 5) is 28.0. The highest BCUT2D eigenvalue weighted by atomic mass is 16.5. The Labute approximate surface area is 176 Å². The lowest BCUT2D eigenvalue weighted by atomic mass is 9.87. The Hall–Kier alpha value is -3.10. The molecule has 9 heteroatoms. The molecule has 2 aliphatic rings. The van der Waals surface area contributed by atoms with E-state index in [0.29, 0.717) is 23.7 Å². The lowest BCUT2D eigenvalue weighted by Gasteiger charge is -2.38. The first-order valence-corrected chi connectivity index (χ1v) is 10.3. The number of aromatic nitrogens is 3. The molecule has 0 saturated heterocycles. The largest absolute Gasteiger partial charge is 0.495 e. The van der Waals surface area contributed by atoms with Crippen molar-refractivity contribution in [2.45, 2.75) is 51.7 Å². The van der Waals surface area contributed by atoms with Crippen molar-refractivity contribution < 1.29 is 9.53 Å². The molecule has 1 saturated carbocycles. The molecule has 30 heavy (non-hydrogen) atoms. The number of fused-ring (bicyclic) bond motifs is 1. The Bertz CT molecular complexity index is 926. The SMILES string of the molecule is COc1ccc(N[C@H]2C[C@@H](Nc3nc(C)c4c(n3)N(C)[C@@H](C(C)C)C(=O)N4)C2)nc1. The van der Waals surface area contributed by atoms with E-state index in [9.17, 15) is 4.79 Å². The van der Waals surface area contributed by atoms with Gasteiger partial charge in [0.05, 0.1) is 19.0 Å². The molecule has 1 atom stereocenters. The maximum absolute atomic E-state index is 12.5. The van der Waals surface area contributed by atoms with E-state index in [4.69, 9.17) is 9.72 Å². The van der Waals surface area contributed by atoms with Gasteiger partial charge in [-0.3, -0.25) is 4.79 Å². The number of pyridine rings is 1. The van der Waals surface area contributed by atoms with Crippen LogP contribution in [0.4, 0.5) is 23.3 Å². The highest BCUT2D eigenvalue weighted by molar-refractivity contribution is 6.03. The number of carbonyl (C=O) groups excluding carboxylic acids is 1. The van der Waals surface area contributed by atoms with Gasteiger partial charge in [0.1, 0.15) is 23.3 Å². The van der Waals surface area contributed by atoms with Crippen molar-refractivity contribution in [2.24, 2.45) is 5.92 Å². The number of likely N-dealkylation sites (N-methyl/N-ethyl adjacent to an activating group) is 1. The molecule has 3 N–H and O–H groups in total. The molecule has 2 aromatic heterocycles. The highest BCUT2D eigenvalue weighted by Gasteiger charge is 2.36. The van der Waals surface area contributed by atoms with Crippen LogP contribution in [0, 0.1) is 12.8 Å². The van der Waals surface area contributed by atoms with Gasteiger partial charge in [0.25, 0.3) is 0 Å². The van der Waals surface area contributed by atoms with E-state index in [1.54, 1.807) is 13.3 Å². The van der Waals surface area contributed by atoms with Gasteiger partial charge in [-0.15, -0.1) is 0 Å². The highest BCUT2D eigenvalue weighted by Crippen LogP contribution is 2.35. The number of hydrogen-bond donors (Lipinski definition) is 3. The predicted molar refractivity (Wildman–Crippen MR) is 117 cm³/mol. The minimum atomic E-state index is -0.242. The molecule has 9 nitrogen and oxygen atoms in total. The van der Waals surface area contributed by atoms with Crippen LogP contribution in [-0.4, -0.2) is 53.1 Å².